The van der Waals surface area contributed by atoms with Crippen LogP contribution in [0.4, 0.5) is 4.39 Å². The van der Waals surface area contributed by atoms with Gasteiger partial charge in [0.15, 0.2) is 0 Å². The molecule has 2 rings (SSSR count). The van der Waals surface area contributed by atoms with E-state index >= 15 is 0 Å². The van der Waals surface area contributed by atoms with Gasteiger partial charge in [-0.3, -0.25) is 0 Å². The van der Waals surface area contributed by atoms with Crippen LogP contribution in [0.5, 0.6) is 0 Å². The van der Waals surface area contributed by atoms with Crippen molar-refractivity contribution in [1.29, 1.82) is 0 Å². The van der Waals surface area contributed by atoms with Crippen LogP contribution in [0, 0.1) is 5.82 Å². The maximum absolute atomic E-state index is 13.0. The first-order valence-corrected chi connectivity index (χ1v) is 7.66. The van der Waals surface area contributed by atoms with Crippen LogP contribution in [0.1, 0.15) is 43.5 Å². The molecule has 1 nitrogen and oxygen atoms in total. The highest BCUT2D eigenvalue weighted by atomic mass is 79.9. The first-order valence-electron chi connectivity index (χ1n) is 6.87. The lowest BCUT2D eigenvalue weighted by Gasteiger charge is -2.23. The third kappa shape index (κ3) is 3.90. The fourth-order valence-electron chi connectivity index (χ4n) is 2.29. The molecule has 3 heteroatoms. The van der Waals surface area contributed by atoms with Gasteiger partial charge in [-0.1, -0.05) is 47.1 Å². The van der Waals surface area contributed by atoms with E-state index in [0.29, 0.717) is 6.04 Å². The van der Waals surface area contributed by atoms with Crippen LogP contribution in [0.15, 0.2) is 53.0 Å². The lowest BCUT2D eigenvalue weighted by Crippen LogP contribution is -2.24. The molecule has 2 aromatic carbocycles. The Hall–Kier alpha value is -1.19. The highest BCUT2D eigenvalue weighted by Gasteiger charge is 2.13. The number of hydrogen-bond donors (Lipinski definition) is 1. The van der Waals surface area contributed by atoms with Gasteiger partial charge in [0.1, 0.15) is 5.82 Å². The molecule has 0 heterocycles. The van der Waals surface area contributed by atoms with Gasteiger partial charge in [0.05, 0.1) is 0 Å². The zero-order valence-corrected chi connectivity index (χ0v) is 13.3. The standard InChI is InChI=1S/C17H19BrFN/c1-3-17(14-4-8-15(18)9-5-14)20-12(2)13-6-10-16(19)11-7-13/h4-12,17,20H,3H2,1-2H3. The largest absolute Gasteiger partial charge is 0.303 e. The fourth-order valence-corrected chi connectivity index (χ4v) is 2.56. The Morgan fingerprint density at radius 2 is 1.55 bits per heavy atom. The molecule has 0 fully saturated rings. The summed E-state index contributed by atoms with van der Waals surface area (Å²) in [5.74, 6) is -0.194. The van der Waals surface area contributed by atoms with Crippen molar-refractivity contribution >= 4 is 15.9 Å². The van der Waals surface area contributed by atoms with Crippen molar-refractivity contribution in [3.05, 3.63) is 69.9 Å². The van der Waals surface area contributed by atoms with E-state index in [1.807, 2.05) is 12.1 Å². The van der Waals surface area contributed by atoms with Crippen LogP contribution in [0.3, 0.4) is 0 Å². The summed E-state index contributed by atoms with van der Waals surface area (Å²) in [5.41, 5.74) is 2.37. The van der Waals surface area contributed by atoms with Gasteiger partial charge in [-0.05, 0) is 48.7 Å². The predicted molar refractivity (Wildman–Crippen MR) is 85.1 cm³/mol. The topological polar surface area (TPSA) is 12.0 Å². The van der Waals surface area contributed by atoms with Crippen molar-refractivity contribution in [3.63, 3.8) is 0 Å². The van der Waals surface area contributed by atoms with Gasteiger partial charge >= 0.3 is 0 Å². The highest BCUT2D eigenvalue weighted by Crippen LogP contribution is 2.23. The maximum Gasteiger partial charge on any atom is 0.123 e. The van der Waals surface area contributed by atoms with Crippen LogP contribution in [0.25, 0.3) is 0 Å². The molecular formula is C17H19BrFN. The van der Waals surface area contributed by atoms with Crippen LogP contribution < -0.4 is 5.32 Å². The molecule has 0 aliphatic carbocycles. The average Bonchev–Trinajstić information content (AvgIpc) is 2.46. The van der Waals surface area contributed by atoms with Gasteiger partial charge in [0, 0.05) is 16.6 Å². The molecule has 0 aliphatic rings. The molecule has 20 heavy (non-hydrogen) atoms. The van der Waals surface area contributed by atoms with Crippen molar-refractivity contribution in [2.24, 2.45) is 0 Å². The number of nitrogens with one attached hydrogen (secondary N) is 1. The van der Waals surface area contributed by atoms with E-state index in [0.717, 1.165) is 16.5 Å². The summed E-state index contributed by atoms with van der Waals surface area (Å²) in [4.78, 5) is 0. The molecule has 2 atom stereocenters. The summed E-state index contributed by atoms with van der Waals surface area (Å²) < 4.78 is 14.0. The first-order chi connectivity index (χ1) is 9.60. The molecule has 0 radical (unpaired) electrons. The van der Waals surface area contributed by atoms with Gasteiger partial charge in [-0.25, -0.2) is 4.39 Å². The van der Waals surface area contributed by atoms with Crippen LogP contribution in [0.2, 0.25) is 0 Å². The molecule has 0 spiro atoms. The van der Waals surface area contributed by atoms with E-state index in [1.54, 1.807) is 0 Å². The van der Waals surface area contributed by atoms with Gasteiger partial charge in [-0.2, -0.15) is 0 Å². The van der Waals surface area contributed by atoms with Gasteiger partial charge < -0.3 is 5.32 Å². The molecule has 2 unspecified atom stereocenters. The zero-order valence-electron chi connectivity index (χ0n) is 11.7. The van der Waals surface area contributed by atoms with Crippen molar-refractivity contribution in [2.75, 3.05) is 0 Å². The third-order valence-electron chi connectivity index (χ3n) is 3.50. The Morgan fingerprint density at radius 3 is 2.10 bits per heavy atom. The molecule has 0 aromatic heterocycles. The number of halogens is 2. The Kier molecular flexibility index (Phi) is 5.32. The van der Waals surface area contributed by atoms with Crippen molar-refractivity contribution in [2.45, 2.75) is 32.4 Å². The molecule has 106 valence electrons. The second kappa shape index (κ2) is 7.00. The van der Waals surface area contributed by atoms with Crippen molar-refractivity contribution < 1.29 is 4.39 Å². The molecular weight excluding hydrogens is 317 g/mol. The second-order valence-electron chi connectivity index (χ2n) is 4.95. The minimum absolute atomic E-state index is 0.184. The molecule has 0 aliphatic heterocycles. The number of hydrogen-bond acceptors (Lipinski definition) is 1. The van der Waals surface area contributed by atoms with Crippen LogP contribution >= 0.6 is 15.9 Å². The SMILES string of the molecule is CCC(NC(C)c1ccc(F)cc1)c1ccc(Br)cc1. The molecule has 2 aromatic rings. The quantitative estimate of drug-likeness (QED) is 0.772. The second-order valence-corrected chi connectivity index (χ2v) is 5.87. The summed E-state index contributed by atoms with van der Waals surface area (Å²) >= 11 is 3.45. The smallest absolute Gasteiger partial charge is 0.123 e. The Balaban J connectivity index is 2.09. The normalized spacial score (nSPS) is 14.0. The van der Waals surface area contributed by atoms with E-state index in [9.17, 15) is 4.39 Å². The summed E-state index contributed by atoms with van der Waals surface area (Å²) in [7, 11) is 0. The predicted octanol–water partition coefficient (Wildman–Crippen LogP) is 5.39. The van der Waals surface area contributed by atoms with Crippen LogP contribution in [-0.4, -0.2) is 0 Å². The maximum atomic E-state index is 13.0. The van der Waals surface area contributed by atoms with Crippen molar-refractivity contribution in [1.82, 2.24) is 5.32 Å². The number of rotatable bonds is 5. The highest BCUT2D eigenvalue weighted by molar-refractivity contribution is 9.10. The Morgan fingerprint density at radius 1 is 1.00 bits per heavy atom. The minimum Gasteiger partial charge on any atom is -0.303 e. The molecule has 0 amide bonds. The van der Waals surface area contributed by atoms with E-state index in [4.69, 9.17) is 0 Å². The lowest BCUT2D eigenvalue weighted by molar-refractivity contribution is 0.456. The zero-order chi connectivity index (χ0) is 14.5. The summed E-state index contributed by atoms with van der Waals surface area (Å²) in [6, 6.07) is 15.5. The minimum atomic E-state index is -0.194. The van der Waals surface area contributed by atoms with E-state index < -0.39 is 0 Å². The monoisotopic (exact) mass is 335 g/mol. The summed E-state index contributed by atoms with van der Waals surface area (Å²) in [5, 5.41) is 3.60. The van der Waals surface area contributed by atoms with E-state index in [1.165, 1.54) is 17.7 Å². The molecule has 0 saturated carbocycles. The summed E-state index contributed by atoms with van der Waals surface area (Å²) in [6.07, 6.45) is 1.01. The summed E-state index contributed by atoms with van der Waals surface area (Å²) in [6.45, 7) is 4.27. The average molecular weight is 336 g/mol. The Labute approximate surface area is 128 Å². The van der Waals surface area contributed by atoms with Gasteiger partial charge in [-0.15, -0.1) is 0 Å². The first kappa shape index (κ1) is 15.2. The fraction of sp³-hybridized carbons (Fsp3) is 0.294. The van der Waals surface area contributed by atoms with Gasteiger partial charge in [0.25, 0.3) is 0 Å². The molecule has 0 bridgehead atoms. The van der Waals surface area contributed by atoms with Crippen LogP contribution in [-0.2, 0) is 0 Å². The molecule has 1 N–H and O–H groups in total. The van der Waals surface area contributed by atoms with E-state index in [-0.39, 0.29) is 11.9 Å². The third-order valence-corrected chi connectivity index (χ3v) is 4.03. The Bertz CT molecular complexity index is 536. The van der Waals surface area contributed by atoms with E-state index in [2.05, 4.69) is 59.4 Å². The van der Waals surface area contributed by atoms with Crippen molar-refractivity contribution in [3.8, 4) is 0 Å². The van der Waals surface area contributed by atoms with Gasteiger partial charge in [0.2, 0.25) is 0 Å². The molecule has 0 saturated heterocycles. The lowest BCUT2D eigenvalue weighted by atomic mass is 10.0. The number of benzene rings is 2.